The minimum absolute atomic E-state index is 0.697. The third-order valence-corrected chi connectivity index (χ3v) is 5.88. The lowest BCUT2D eigenvalue weighted by molar-refractivity contribution is 1.27. The van der Waals surface area contributed by atoms with Crippen molar-refractivity contribution >= 4 is 28.6 Å². The average molecular weight is 377 g/mol. The number of rotatable bonds is 3. The molecule has 0 aliphatic heterocycles. The van der Waals surface area contributed by atoms with E-state index in [2.05, 4.69) is 18.2 Å². The highest BCUT2D eigenvalue weighted by atomic mass is 35.5. The van der Waals surface area contributed by atoms with Crippen molar-refractivity contribution in [3.8, 4) is 32.1 Å². The summed E-state index contributed by atoms with van der Waals surface area (Å²) >= 11 is 8.07. The van der Waals surface area contributed by atoms with E-state index in [1.54, 1.807) is 11.3 Å². The standard InChI is InChI=1S/C22H17ClN2S/c1-14-21(26-22(25-14)15-7-3-2-4-8-15)16-11-12-20(24)18(13-16)17-9-5-6-10-19(17)23/h2-13H,24H2,1H3. The summed E-state index contributed by atoms with van der Waals surface area (Å²) in [4.78, 5) is 5.91. The molecular weight excluding hydrogens is 360 g/mol. The number of nitrogens with two attached hydrogens (primary N) is 1. The monoisotopic (exact) mass is 376 g/mol. The quantitative estimate of drug-likeness (QED) is 0.404. The Morgan fingerprint density at radius 3 is 2.35 bits per heavy atom. The number of benzene rings is 3. The SMILES string of the molecule is Cc1nc(-c2ccccc2)sc1-c1ccc(N)c(-c2ccccc2Cl)c1. The van der Waals surface area contributed by atoms with Crippen molar-refractivity contribution in [3.63, 3.8) is 0 Å². The number of hydrogen-bond acceptors (Lipinski definition) is 3. The summed E-state index contributed by atoms with van der Waals surface area (Å²) in [5, 5.41) is 1.72. The summed E-state index contributed by atoms with van der Waals surface area (Å²) in [6.45, 7) is 2.05. The first-order valence-corrected chi connectivity index (χ1v) is 9.50. The van der Waals surface area contributed by atoms with E-state index in [0.717, 1.165) is 37.8 Å². The maximum atomic E-state index is 6.38. The Labute approximate surface area is 161 Å². The van der Waals surface area contributed by atoms with Crippen LogP contribution < -0.4 is 5.73 Å². The van der Waals surface area contributed by atoms with Gasteiger partial charge in [-0.1, -0.05) is 66.2 Å². The molecule has 2 N–H and O–H groups in total. The predicted molar refractivity (Wildman–Crippen MR) is 113 cm³/mol. The van der Waals surface area contributed by atoms with E-state index in [-0.39, 0.29) is 0 Å². The second-order valence-corrected chi connectivity index (χ2v) is 7.49. The number of anilines is 1. The lowest BCUT2D eigenvalue weighted by Crippen LogP contribution is -1.91. The van der Waals surface area contributed by atoms with Crippen molar-refractivity contribution < 1.29 is 0 Å². The van der Waals surface area contributed by atoms with Gasteiger partial charge in [0.15, 0.2) is 0 Å². The maximum Gasteiger partial charge on any atom is 0.124 e. The number of aryl methyl sites for hydroxylation is 1. The Bertz CT molecular complexity index is 1070. The minimum Gasteiger partial charge on any atom is -0.398 e. The van der Waals surface area contributed by atoms with Crippen LogP contribution in [0.1, 0.15) is 5.69 Å². The minimum atomic E-state index is 0.697. The Balaban J connectivity index is 1.82. The molecule has 0 saturated carbocycles. The van der Waals surface area contributed by atoms with E-state index >= 15 is 0 Å². The second-order valence-electron chi connectivity index (χ2n) is 6.08. The van der Waals surface area contributed by atoms with E-state index in [1.807, 2.05) is 61.5 Å². The van der Waals surface area contributed by atoms with E-state index < -0.39 is 0 Å². The molecule has 0 unspecified atom stereocenters. The van der Waals surface area contributed by atoms with Crippen molar-refractivity contribution in [2.75, 3.05) is 5.73 Å². The first-order chi connectivity index (χ1) is 12.6. The lowest BCUT2D eigenvalue weighted by Gasteiger charge is -2.10. The van der Waals surface area contributed by atoms with Gasteiger partial charge >= 0.3 is 0 Å². The average Bonchev–Trinajstić information content (AvgIpc) is 3.05. The molecule has 26 heavy (non-hydrogen) atoms. The van der Waals surface area contributed by atoms with E-state index in [0.29, 0.717) is 10.7 Å². The highest BCUT2D eigenvalue weighted by Gasteiger charge is 2.14. The van der Waals surface area contributed by atoms with E-state index in [9.17, 15) is 0 Å². The zero-order chi connectivity index (χ0) is 18.1. The third-order valence-electron chi connectivity index (χ3n) is 4.30. The first kappa shape index (κ1) is 16.8. The fourth-order valence-corrected chi connectivity index (χ4v) is 4.28. The smallest absolute Gasteiger partial charge is 0.124 e. The zero-order valence-electron chi connectivity index (χ0n) is 14.2. The number of nitrogens with zero attached hydrogens (tertiary/aromatic N) is 1. The Morgan fingerprint density at radius 2 is 1.58 bits per heavy atom. The van der Waals surface area contributed by atoms with Crippen molar-refractivity contribution in [1.82, 2.24) is 4.98 Å². The fraction of sp³-hybridized carbons (Fsp3) is 0.0455. The highest BCUT2D eigenvalue weighted by Crippen LogP contribution is 2.39. The zero-order valence-corrected chi connectivity index (χ0v) is 15.8. The van der Waals surface area contributed by atoms with Gasteiger partial charge in [0, 0.05) is 27.4 Å². The maximum absolute atomic E-state index is 6.38. The topological polar surface area (TPSA) is 38.9 Å². The molecule has 0 amide bonds. The van der Waals surface area contributed by atoms with Crippen LogP contribution in [0.3, 0.4) is 0 Å². The van der Waals surface area contributed by atoms with Crippen molar-refractivity contribution in [2.45, 2.75) is 6.92 Å². The van der Waals surface area contributed by atoms with Gasteiger partial charge < -0.3 is 5.73 Å². The molecule has 0 atom stereocenters. The number of halogens is 1. The Morgan fingerprint density at radius 1 is 0.846 bits per heavy atom. The predicted octanol–water partition coefficient (Wildman–Crippen LogP) is 6.69. The van der Waals surface area contributed by atoms with Crippen LogP contribution in [0.5, 0.6) is 0 Å². The van der Waals surface area contributed by atoms with Crippen molar-refractivity contribution in [1.29, 1.82) is 0 Å². The molecule has 4 rings (SSSR count). The summed E-state index contributed by atoms with van der Waals surface area (Å²) in [5.74, 6) is 0. The van der Waals surface area contributed by atoms with Crippen LogP contribution in [0, 0.1) is 6.92 Å². The molecule has 0 aliphatic carbocycles. The molecule has 0 saturated heterocycles. The molecule has 0 spiro atoms. The van der Waals surface area contributed by atoms with Gasteiger partial charge in [-0.2, -0.15) is 0 Å². The largest absolute Gasteiger partial charge is 0.398 e. The van der Waals surface area contributed by atoms with Gasteiger partial charge in [-0.3, -0.25) is 0 Å². The summed E-state index contributed by atoms with van der Waals surface area (Å²) < 4.78 is 0. The third kappa shape index (κ3) is 3.12. The number of hydrogen-bond donors (Lipinski definition) is 1. The van der Waals surface area contributed by atoms with E-state index in [1.165, 1.54) is 0 Å². The van der Waals surface area contributed by atoms with Gasteiger partial charge in [0.05, 0.1) is 10.6 Å². The molecule has 2 nitrogen and oxygen atoms in total. The van der Waals surface area contributed by atoms with Crippen LogP contribution in [0.4, 0.5) is 5.69 Å². The molecule has 1 heterocycles. The van der Waals surface area contributed by atoms with Gasteiger partial charge in [0.1, 0.15) is 5.01 Å². The Hall–Kier alpha value is -2.62. The van der Waals surface area contributed by atoms with Gasteiger partial charge in [-0.25, -0.2) is 4.98 Å². The van der Waals surface area contributed by atoms with Gasteiger partial charge in [-0.15, -0.1) is 11.3 Å². The van der Waals surface area contributed by atoms with Crippen molar-refractivity contribution in [3.05, 3.63) is 83.5 Å². The van der Waals surface area contributed by atoms with Crippen LogP contribution >= 0.6 is 22.9 Å². The molecule has 128 valence electrons. The number of thiazole rings is 1. The molecular formula is C22H17ClN2S. The summed E-state index contributed by atoms with van der Waals surface area (Å²) in [6, 6.07) is 24.1. The number of nitrogen functional groups attached to an aromatic ring is 1. The van der Waals surface area contributed by atoms with Crippen LogP contribution in [0.2, 0.25) is 5.02 Å². The molecule has 3 aromatic carbocycles. The van der Waals surface area contributed by atoms with Gasteiger partial charge in [0.25, 0.3) is 0 Å². The van der Waals surface area contributed by atoms with Crippen LogP contribution in [0.25, 0.3) is 32.1 Å². The second kappa shape index (κ2) is 6.94. The molecule has 0 aliphatic rings. The lowest BCUT2D eigenvalue weighted by atomic mass is 10.00. The molecule has 4 heteroatoms. The van der Waals surface area contributed by atoms with Crippen LogP contribution in [0.15, 0.2) is 72.8 Å². The normalized spacial score (nSPS) is 10.8. The highest BCUT2D eigenvalue weighted by molar-refractivity contribution is 7.18. The molecule has 0 radical (unpaired) electrons. The summed E-state index contributed by atoms with van der Waals surface area (Å²) in [5.41, 5.74) is 12.1. The molecule has 4 aromatic rings. The Kier molecular flexibility index (Phi) is 4.49. The van der Waals surface area contributed by atoms with Gasteiger partial charge in [0.2, 0.25) is 0 Å². The molecule has 1 aromatic heterocycles. The van der Waals surface area contributed by atoms with Crippen molar-refractivity contribution in [2.24, 2.45) is 0 Å². The summed E-state index contributed by atoms with van der Waals surface area (Å²) in [7, 11) is 0. The van der Waals surface area contributed by atoms with Crippen LogP contribution in [-0.4, -0.2) is 4.98 Å². The first-order valence-electron chi connectivity index (χ1n) is 8.31. The molecule has 0 bridgehead atoms. The van der Waals surface area contributed by atoms with Crippen LogP contribution in [-0.2, 0) is 0 Å². The van der Waals surface area contributed by atoms with Gasteiger partial charge in [-0.05, 0) is 30.7 Å². The molecule has 0 fully saturated rings. The summed E-state index contributed by atoms with van der Waals surface area (Å²) in [6.07, 6.45) is 0. The fourth-order valence-electron chi connectivity index (χ4n) is 2.98. The van der Waals surface area contributed by atoms with E-state index in [4.69, 9.17) is 22.3 Å². The number of aromatic nitrogens is 1.